The second kappa shape index (κ2) is 5.74. The monoisotopic (exact) mass is 326 g/mol. The van der Waals surface area contributed by atoms with E-state index in [0.29, 0.717) is 0 Å². The zero-order chi connectivity index (χ0) is 12.2. The summed E-state index contributed by atoms with van der Waals surface area (Å²) in [4.78, 5) is 11.5. The Morgan fingerprint density at radius 2 is 1.94 bits per heavy atom. The third-order valence-corrected chi connectivity index (χ3v) is 9.10. The van der Waals surface area contributed by atoms with Gasteiger partial charge in [0.25, 0.3) is 0 Å². The van der Waals surface area contributed by atoms with E-state index in [-0.39, 0.29) is 11.1 Å². The molecule has 0 bridgehead atoms. The molecule has 1 aromatic carbocycles. The molecule has 0 fully saturated rings. The van der Waals surface area contributed by atoms with Crippen molar-refractivity contribution in [1.29, 1.82) is 0 Å². The molecule has 0 aliphatic rings. The Bertz CT molecular complexity index is 390. The van der Waals surface area contributed by atoms with Gasteiger partial charge in [-0.15, -0.1) is 0 Å². The van der Waals surface area contributed by atoms with Crippen LogP contribution in [0.3, 0.4) is 0 Å². The number of rotatable bonds is 4. The van der Waals surface area contributed by atoms with E-state index in [1.165, 1.54) is 0 Å². The predicted molar refractivity (Wildman–Crippen MR) is 69.3 cm³/mol. The van der Waals surface area contributed by atoms with Crippen LogP contribution in [0.15, 0.2) is 41.4 Å². The van der Waals surface area contributed by atoms with Gasteiger partial charge in [0.05, 0.1) is 0 Å². The van der Waals surface area contributed by atoms with Crippen molar-refractivity contribution in [3.8, 4) is 0 Å². The first-order chi connectivity index (χ1) is 7.50. The van der Waals surface area contributed by atoms with E-state index in [9.17, 15) is 4.79 Å². The van der Waals surface area contributed by atoms with Crippen LogP contribution in [-0.4, -0.2) is 23.6 Å². The third-order valence-electron chi connectivity index (χ3n) is 1.85. The molecule has 0 aliphatic carbocycles. The molecular weight excluding hydrogens is 314 g/mol. The van der Waals surface area contributed by atoms with Crippen LogP contribution in [0.4, 0.5) is 0 Å². The van der Waals surface area contributed by atoms with E-state index in [1.54, 1.807) is 19.1 Å². The van der Waals surface area contributed by atoms with Gasteiger partial charge in [-0.25, -0.2) is 0 Å². The van der Waals surface area contributed by atoms with E-state index in [0.717, 1.165) is 4.46 Å². The molecular formula is C11H12Cl2O2Se. The summed E-state index contributed by atoms with van der Waals surface area (Å²) in [6.07, 6.45) is 0. The summed E-state index contributed by atoms with van der Waals surface area (Å²) >= 11 is -3.20. The number of carbonyl (C=O) groups excluding carboxylic acids is 1. The molecule has 0 aromatic heterocycles. The topological polar surface area (TPSA) is 26.3 Å². The SMILES string of the molecule is C=C(C(=O)OCC)[Se](Cl)(Cl)c1ccccc1. The number of hydrogen-bond donors (Lipinski definition) is 0. The molecule has 88 valence electrons. The van der Waals surface area contributed by atoms with Crippen LogP contribution in [0.1, 0.15) is 6.92 Å². The molecule has 0 saturated heterocycles. The third kappa shape index (κ3) is 3.02. The van der Waals surface area contributed by atoms with Crippen LogP contribution in [-0.2, 0) is 9.53 Å². The van der Waals surface area contributed by atoms with Gasteiger partial charge in [0.2, 0.25) is 0 Å². The average molecular weight is 326 g/mol. The van der Waals surface area contributed by atoms with Crippen LogP contribution in [0.2, 0.25) is 0 Å². The van der Waals surface area contributed by atoms with Gasteiger partial charge in [-0.05, 0) is 0 Å². The van der Waals surface area contributed by atoms with Crippen LogP contribution in [0, 0.1) is 0 Å². The molecule has 1 rings (SSSR count). The second-order valence-electron chi connectivity index (χ2n) is 2.93. The van der Waals surface area contributed by atoms with Crippen molar-refractivity contribution >= 4 is 41.6 Å². The summed E-state index contributed by atoms with van der Waals surface area (Å²) in [6.45, 7) is 5.66. The normalized spacial score (nSPS) is 11.9. The second-order valence-corrected chi connectivity index (χ2v) is 12.5. The van der Waals surface area contributed by atoms with Gasteiger partial charge in [-0.1, -0.05) is 0 Å². The van der Waals surface area contributed by atoms with Gasteiger partial charge < -0.3 is 0 Å². The van der Waals surface area contributed by atoms with Crippen molar-refractivity contribution < 1.29 is 9.53 Å². The molecule has 0 N–H and O–H groups in total. The Hall–Kier alpha value is -0.471. The maximum atomic E-state index is 11.5. The summed E-state index contributed by atoms with van der Waals surface area (Å²) in [5.41, 5.74) is 0. The van der Waals surface area contributed by atoms with Gasteiger partial charge in [-0.3, -0.25) is 0 Å². The summed E-state index contributed by atoms with van der Waals surface area (Å²) in [6, 6.07) is 9.10. The molecule has 0 heterocycles. The number of benzene rings is 1. The van der Waals surface area contributed by atoms with E-state index in [1.807, 2.05) is 18.2 Å². The van der Waals surface area contributed by atoms with Crippen LogP contribution < -0.4 is 4.46 Å². The number of ether oxygens (including phenoxy) is 1. The summed E-state index contributed by atoms with van der Waals surface area (Å²) in [7, 11) is 12.5. The Morgan fingerprint density at radius 3 is 2.44 bits per heavy atom. The van der Waals surface area contributed by atoms with Gasteiger partial charge >= 0.3 is 106 Å². The fraction of sp³-hybridized carbons (Fsp3) is 0.182. The minimum atomic E-state index is -3.20. The molecule has 0 aliphatic heterocycles. The first-order valence-corrected chi connectivity index (χ1v) is 10.9. The van der Waals surface area contributed by atoms with Crippen LogP contribution >= 0.6 is 20.2 Å². The van der Waals surface area contributed by atoms with Gasteiger partial charge in [-0.2, -0.15) is 0 Å². The van der Waals surface area contributed by atoms with E-state index in [2.05, 4.69) is 6.58 Å². The van der Waals surface area contributed by atoms with Crippen molar-refractivity contribution in [3.63, 3.8) is 0 Å². The number of hydrogen-bond acceptors (Lipinski definition) is 2. The number of halogens is 2. The van der Waals surface area contributed by atoms with E-state index >= 15 is 0 Å². The van der Waals surface area contributed by atoms with Crippen molar-refractivity contribution in [2.24, 2.45) is 0 Å². The molecule has 2 nitrogen and oxygen atoms in total. The molecule has 0 atom stereocenters. The van der Waals surface area contributed by atoms with Gasteiger partial charge in [0, 0.05) is 0 Å². The van der Waals surface area contributed by atoms with E-state index < -0.39 is 17.0 Å². The average Bonchev–Trinajstić information content (AvgIpc) is 2.29. The summed E-state index contributed by atoms with van der Waals surface area (Å²) in [5, 5.41) is 0. The zero-order valence-electron chi connectivity index (χ0n) is 8.78. The van der Waals surface area contributed by atoms with Crippen molar-refractivity contribution in [1.82, 2.24) is 0 Å². The molecule has 0 spiro atoms. The maximum absolute atomic E-state index is 11.5. The first-order valence-electron chi connectivity index (χ1n) is 4.64. The first kappa shape index (κ1) is 13.6. The summed E-state index contributed by atoms with van der Waals surface area (Å²) < 4.78 is 5.77. The number of esters is 1. The summed E-state index contributed by atoms with van der Waals surface area (Å²) in [5.74, 6) is -0.517. The van der Waals surface area contributed by atoms with Crippen LogP contribution in [0.25, 0.3) is 0 Å². The van der Waals surface area contributed by atoms with E-state index in [4.69, 9.17) is 24.9 Å². The van der Waals surface area contributed by atoms with Crippen molar-refractivity contribution in [2.75, 3.05) is 6.61 Å². The predicted octanol–water partition coefficient (Wildman–Crippen LogP) is 2.47. The zero-order valence-corrected chi connectivity index (χ0v) is 12.0. The molecule has 5 heteroatoms. The van der Waals surface area contributed by atoms with Crippen LogP contribution in [0.5, 0.6) is 0 Å². The molecule has 0 saturated carbocycles. The molecule has 0 radical (unpaired) electrons. The van der Waals surface area contributed by atoms with Crippen molar-refractivity contribution in [3.05, 3.63) is 41.4 Å². The van der Waals surface area contributed by atoms with Crippen molar-refractivity contribution in [2.45, 2.75) is 6.92 Å². The van der Waals surface area contributed by atoms with Gasteiger partial charge in [0.15, 0.2) is 0 Å². The Kier molecular flexibility index (Phi) is 4.87. The molecule has 16 heavy (non-hydrogen) atoms. The fourth-order valence-electron chi connectivity index (χ4n) is 1.05. The Labute approximate surface area is 106 Å². The Morgan fingerprint density at radius 1 is 1.38 bits per heavy atom. The molecule has 1 aromatic rings. The molecule has 0 amide bonds. The fourth-order valence-corrected chi connectivity index (χ4v) is 4.98. The standard InChI is InChI=1S/C11H12Cl2O2Se/c1-3-15-11(14)9(2)16(12,13)10-7-5-4-6-8-10/h4-8H,2-3H2,1H3. The quantitative estimate of drug-likeness (QED) is 0.483. The Balaban J connectivity index is 2.94. The number of carbonyl (C=O) groups is 1. The van der Waals surface area contributed by atoms with Gasteiger partial charge in [0.1, 0.15) is 0 Å². The molecule has 0 unspecified atom stereocenters. The minimum absolute atomic E-state index is 0.174.